The summed E-state index contributed by atoms with van der Waals surface area (Å²) < 4.78 is 5.60. The van der Waals surface area contributed by atoms with Crippen LogP contribution in [0.2, 0.25) is 0 Å². The molecular weight excluding hydrogens is 216 g/mol. The van der Waals surface area contributed by atoms with E-state index in [4.69, 9.17) is 10.5 Å². The van der Waals surface area contributed by atoms with Crippen LogP contribution in [0.5, 0.6) is 0 Å². The fourth-order valence-corrected chi connectivity index (χ4v) is 2.56. The maximum absolute atomic E-state index is 11.3. The van der Waals surface area contributed by atoms with Gasteiger partial charge in [0.05, 0.1) is 18.6 Å². The number of fused-ring (bicyclic) bond motifs is 1. The van der Waals surface area contributed by atoms with E-state index in [0.717, 1.165) is 36.3 Å². The van der Waals surface area contributed by atoms with Gasteiger partial charge in [0, 0.05) is 12.3 Å². The van der Waals surface area contributed by atoms with E-state index in [1.807, 2.05) is 18.2 Å². The third-order valence-corrected chi connectivity index (χ3v) is 3.50. The van der Waals surface area contributed by atoms with Gasteiger partial charge in [-0.2, -0.15) is 0 Å². The van der Waals surface area contributed by atoms with Crippen molar-refractivity contribution in [2.45, 2.75) is 31.4 Å². The van der Waals surface area contributed by atoms with Gasteiger partial charge < -0.3 is 15.8 Å². The third kappa shape index (κ3) is 1.94. The summed E-state index contributed by atoms with van der Waals surface area (Å²) in [6, 6.07) is 5.86. The second-order valence-corrected chi connectivity index (χ2v) is 4.72. The monoisotopic (exact) mass is 232 g/mol. The van der Waals surface area contributed by atoms with E-state index in [0.29, 0.717) is 6.42 Å². The molecule has 2 unspecified atom stereocenters. The van der Waals surface area contributed by atoms with Gasteiger partial charge in [-0.1, -0.05) is 12.1 Å². The van der Waals surface area contributed by atoms with Crippen LogP contribution in [0.4, 0.5) is 5.69 Å². The maximum Gasteiger partial charge on any atom is 0.228 e. The lowest BCUT2D eigenvalue weighted by Crippen LogP contribution is -2.25. The minimum Gasteiger partial charge on any atom is -0.376 e. The van der Waals surface area contributed by atoms with Crippen LogP contribution in [0.1, 0.15) is 30.0 Å². The molecule has 1 saturated heterocycles. The van der Waals surface area contributed by atoms with Crippen molar-refractivity contribution >= 4 is 11.6 Å². The summed E-state index contributed by atoms with van der Waals surface area (Å²) in [5.41, 5.74) is 9.22. The van der Waals surface area contributed by atoms with E-state index in [1.54, 1.807) is 0 Å². The van der Waals surface area contributed by atoms with E-state index in [-0.39, 0.29) is 18.1 Å². The number of amides is 1. The highest BCUT2D eigenvalue weighted by molar-refractivity contribution is 5.99. The van der Waals surface area contributed by atoms with Gasteiger partial charge in [0.25, 0.3) is 0 Å². The predicted molar refractivity (Wildman–Crippen MR) is 64.7 cm³/mol. The lowest BCUT2D eigenvalue weighted by molar-refractivity contribution is -0.115. The Morgan fingerprint density at radius 3 is 3.12 bits per heavy atom. The SMILES string of the molecule is NC(c1ccc2c(c1)CC(=O)N2)C1CCCO1. The Hall–Kier alpha value is -1.39. The maximum atomic E-state index is 11.3. The summed E-state index contributed by atoms with van der Waals surface area (Å²) in [5.74, 6) is 0.0582. The number of carbonyl (C=O) groups is 1. The second-order valence-electron chi connectivity index (χ2n) is 4.72. The minimum absolute atomic E-state index is 0.0582. The molecule has 2 aliphatic rings. The number of benzene rings is 1. The standard InChI is InChI=1S/C13H16N2O2/c14-13(11-2-1-5-17-11)8-3-4-10-9(6-8)7-12(16)15-10/h3-4,6,11,13H,1-2,5,7,14H2,(H,15,16). The quantitative estimate of drug-likeness (QED) is 0.809. The molecule has 0 saturated carbocycles. The Bertz CT molecular complexity index is 453. The van der Waals surface area contributed by atoms with E-state index in [2.05, 4.69) is 5.32 Å². The summed E-state index contributed by atoms with van der Waals surface area (Å²) in [6.45, 7) is 0.809. The van der Waals surface area contributed by atoms with Gasteiger partial charge >= 0.3 is 0 Å². The number of anilines is 1. The highest BCUT2D eigenvalue weighted by Crippen LogP contribution is 2.29. The van der Waals surface area contributed by atoms with Crippen molar-refractivity contribution in [2.75, 3.05) is 11.9 Å². The Balaban J connectivity index is 1.84. The van der Waals surface area contributed by atoms with E-state index in [1.165, 1.54) is 0 Å². The highest BCUT2D eigenvalue weighted by Gasteiger charge is 2.26. The number of rotatable bonds is 2. The molecule has 0 aromatic heterocycles. The highest BCUT2D eigenvalue weighted by atomic mass is 16.5. The topological polar surface area (TPSA) is 64.4 Å². The minimum atomic E-state index is -0.0847. The normalized spacial score (nSPS) is 24.5. The first-order valence-electron chi connectivity index (χ1n) is 6.04. The summed E-state index contributed by atoms with van der Waals surface area (Å²) in [6.07, 6.45) is 2.69. The second kappa shape index (κ2) is 4.13. The number of carbonyl (C=O) groups excluding carboxylic acids is 1. The number of hydrogen-bond acceptors (Lipinski definition) is 3. The summed E-state index contributed by atoms with van der Waals surface area (Å²) in [4.78, 5) is 11.3. The van der Waals surface area contributed by atoms with Crippen molar-refractivity contribution < 1.29 is 9.53 Å². The summed E-state index contributed by atoms with van der Waals surface area (Å²) in [7, 11) is 0. The van der Waals surface area contributed by atoms with Gasteiger partial charge in [0.1, 0.15) is 0 Å². The van der Waals surface area contributed by atoms with Gasteiger partial charge in [0.15, 0.2) is 0 Å². The molecule has 0 spiro atoms. The number of hydrogen-bond donors (Lipinski definition) is 2. The van der Waals surface area contributed by atoms with Crippen LogP contribution >= 0.6 is 0 Å². The van der Waals surface area contributed by atoms with Crippen molar-refractivity contribution in [3.8, 4) is 0 Å². The molecule has 4 heteroatoms. The van der Waals surface area contributed by atoms with Crippen molar-refractivity contribution in [3.05, 3.63) is 29.3 Å². The number of nitrogens with one attached hydrogen (secondary N) is 1. The molecule has 2 heterocycles. The van der Waals surface area contributed by atoms with E-state index >= 15 is 0 Å². The van der Waals surface area contributed by atoms with Crippen molar-refractivity contribution in [1.29, 1.82) is 0 Å². The first-order valence-corrected chi connectivity index (χ1v) is 6.04. The van der Waals surface area contributed by atoms with Crippen molar-refractivity contribution in [2.24, 2.45) is 5.73 Å². The van der Waals surface area contributed by atoms with E-state index < -0.39 is 0 Å². The first kappa shape index (κ1) is 10.7. The van der Waals surface area contributed by atoms with Crippen LogP contribution in [-0.2, 0) is 16.0 Å². The van der Waals surface area contributed by atoms with Crippen LogP contribution in [0.3, 0.4) is 0 Å². The predicted octanol–water partition coefficient (Wildman–Crippen LogP) is 1.36. The first-order chi connectivity index (χ1) is 8.24. The Labute approximate surface area is 100 Å². The number of nitrogens with two attached hydrogens (primary N) is 1. The molecule has 0 aliphatic carbocycles. The lowest BCUT2D eigenvalue weighted by Gasteiger charge is -2.19. The Kier molecular flexibility index (Phi) is 2.61. The van der Waals surface area contributed by atoms with E-state index in [9.17, 15) is 4.79 Å². The molecule has 90 valence electrons. The van der Waals surface area contributed by atoms with Crippen LogP contribution < -0.4 is 11.1 Å². The van der Waals surface area contributed by atoms with Crippen molar-refractivity contribution in [1.82, 2.24) is 0 Å². The molecule has 0 bridgehead atoms. The largest absolute Gasteiger partial charge is 0.376 e. The number of ether oxygens (including phenoxy) is 1. The zero-order valence-corrected chi connectivity index (χ0v) is 9.61. The summed E-state index contributed by atoms with van der Waals surface area (Å²) in [5, 5.41) is 2.82. The van der Waals surface area contributed by atoms with Gasteiger partial charge in [-0.3, -0.25) is 4.79 Å². The molecule has 1 amide bonds. The molecule has 2 atom stereocenters. The third-order valence-electron chi connectivity index (χ3n) is 3.50. The zero-order chi connectivity index (χ0) is 11.8. The molecule has 1 fully saturated rings. The fraction of sp³-hybridized carbons (Fsp3) is 0.462. The Morgan fingerprint density at radius 1 is 1.47 bits per heavy atom. The average Bonchev–Trinajstić information content (AvgIpc) is 2.94. The van der Waals surface area contributed by atoms with Crippen LogP contribution in [0.25, 0.3) is 0 Å². The molecular formula is C13H16N2O2. The molecule has 1 aromatic carbocycles. The molecule has 4 nitrogen and oxygen atoms in total. The lowest BCUT2D eigenvalue weighted by atomic mass is 9.97. The van der Waals surface area contributed by atoms with Gasteiger partial charge in [0.2, 0.25) is 5.91 Å². The molecule has 0 radical (unpaired) electrons. The van der Waals surface area contributed by atoms with Crippen LogP contribution in [-0.4, -0.2) is 18.6 Å². The Morgan fingerprint density at radius 2 is 2.35 bits per heavy atom. The summed E-state index contributed by atoms with van der Waals surface area (Å²) >= 11 is 0. The fourth-order valence-electron chi connectivity index (χ4n) is 2.56. The van der Waals surface area contributed by atoms with Gasteiger partial charge in [-0.25, -0.2) is 0 Å². The zero-order valence-electron chi connectivity index (χ0n) is 9.61. The molecule has 1 aromatic rings. The van der Waals surface area contributed by atoms with Crippen LogP contribution in [0.15, 0.2) is 18.2 Å². The van der Waals surface area contributed by atoms with Gasteiger partial charge in [-0.05, 0) is 30.0 Å². The molecule has 17 heavy (non-hydrogen) atoms. The average molecular weight is 232 g/mol. The molecule has 2 aliphatic heterocycles. The molecule has 3 rings (SSSR count). The molecule has 3 N–H and O–H groups in total. The van der Waals surface area contributed by atoms with Gasteiger partial charge in [-0.15, -0.1) is 0 Å². The smallest absolute Gasteiger partial charge is 0.228 e. The van der Waals surface area contributed by atoms with Crippen LogP contribution in [0, 0.1) is 0 Å². The van der Waals surface area contributed by atoms with Crippen molar-refractivity contribution in [3.63, 3.8) is 0 Å².